The summed E-state index contributed by atoms with van der Waals surface area (Å²) in [4.78, 5) is 37.3. The summed E-state index contributed by atoms with van der Waals surface area (Å²) in [5, 5.41) is 2.72. The molecule has 4 rings (SSSR count). The fraction of sp³-hybridized carbons (Fsp3) is 0.0500. The van der Waals surface area contributed by atoms with E-state index in [2.05, 4.69) is 20.3 Å². The Hall–Kier alpha value is -4.01. The molecule has 0 saturated heterocycles. The Kier molecular flexibility index (Phi) is 4.78. The first-order valence-corrected chi connectivity index (χ1v) is 8.53. The van der Waals surface area contributed by atoms with Crippen molar-refractivity contribution in [3.8, 4) is 11.4 Å². The third-order valence-electron chi connectivity index (χ3n) is 4.12. The molecule has 0 saturated carbocycles. The number of nitrogens with zero attached hydrogens (tertiary/aromatic N) is 4. The second-order valence-electron chi connectivity index (χ2n) is 6.17. The quantitative estimate of drug-likeness (QED) is 0.576. The number of hydrogen-bond donors (Lipinski definition) is 1. The van der Waals surface area contributed by atoms with Crippen molar-refractivity contribution in [1.82, 2.24) is 19.5 Å². The molecule has 1 amide bonds. The Bertz CT molecular complexity index is 1250. The van der Waals surface area contributed by atoms with E-state index in [0.717, 1.165) is 4.57 Å². The van der Waals surface area contributed by atoms with Crippen molar-refractivity contribution in [2.75, 3.05) is 5.32 Å². The van der Waals surface area contributed by atoms with Gasteiger partial charge >= 0.3 is 0 Å². The number of rotatable bonds is 4. The number of nitrogens with one attached hydrogen (secondary N) is 1. The molecule has 0 aliphatic carbocycles. The normalized spacial score (nSPS) is 10.8. The van der Waals surface area contributed by atoms with E-state index in [-0.39, 0.29) is 23.4 Å². The zero-order valence-electron chi connectivity index (χ0n) is 14.8. The fourth-order valence-electron chi connectivity index (χ4n) is 2.69. The van der Waals surface area contributed by atoms with Crippen LogP contribution in [0.1, 0.15) is 0 Å². The second kappa shape index (κ2) is 7.55. The molecule has 2 heterocycles. The van der Waals surface area contributed by atoms with Crippen molar-refractivity contribution in [2.24, 2.45) is 0 Å². The molecule has 0 radical (unpaired) electrons. The number of benzene rings is 2. The van der Waals surface area contributed by atoms with Gasteiger partial charge in [0.15, 0.2) is 11.5 Å². The lowest BCUT2D eigenvalue weighted by Crippen LogP contribution is -2.28. The molecule has 0 aliphatic rings. The summed E-state index contributed by atoms with van der Waals surface area (Å²) in [6, 6.07) is 10.9. The maximum Gasteiger partial charge on any atom is 0.264 e. The molecule has 2 aromatic carbocycles. The molecule has 0 bridgehead atoms. The van der Waals surface area contributed by atoms with Crippen molar-refractivity contribution < 1.29 is 13.6 Å². The summed E-state index contributed by atoms with van der Waals surface area (Å²) in [6.07, 6.45) is 2.54. The third-order valence-corrected chi connectivity index (χ3v) is 4.12. The lowest BCUT2D eigenvalue weighted by atomic mass is 10.2. The molecule has 9 heteroatoms. The van der Waals surface area contributed by atoms with Crippen LogP contribution in [0.2, 0.25) is 0 Å². The van der Waals surface area contributed by atoms with Crippen LogP contribution in [0.5, 0.6) is 0 Å². The van der Waals surface area contributed by atoms with Gasteiger partial charge in [0.25, 0.3) is 5.56 Å². The molecular weight excluding hydrogens is 380 g/mol. The number of halogens is 2. The summed E-state index contributed by atoms with van der Waals surface area (Å²) in [5.41, 5.74) is 0.679. The first kappa shape index (κ1) is 18.4. The lowest BCUT2D eigenvalue weighted by Gasteiger charge is -2.08. The molecule has 2 aromatic heterocycles. The van der Waals surface area contributed by atoms with E-state index in [1.54, 1.807) is 0 Å². The fourth-order valence-corrected chi connectivity index (χ4v) is 2.69. The number of amides is 1. The van der Waals surface area contributed by atoms with Gasteiger partial charge in [0, 0.05) is 17.4 Å². The average Bonchev–Trinajstić information content (AvgIpc) is 2.72. The highest BCUT2D eigenvalue weighted by atomic mass is 19.1. The molecule has 1 N–H and O–H groups in total. The monoisotopic (exact) mass is 393 g/mol. The lowest BCUT2D eigenvalue weighted by molar-refractivity contribution is -0.116. The molecule has 0 fully saturated rings. The predicted molar refractivity (Wildman–Crippen MR) is 102 cm³/mol. The average molecular weight is 393 g/mol. The van der Waals surface area contributed by atoms with E-state index in [1.165, 1.54) is 61.1 Å². The summed E-state index contributed by atoms with van der Waals surface area (Å²) < 4.78 is 27.1. The summed E-state index contributed by atoms with van der Waals surface area (Å²) >= 11 is 0. The van der Waals surface area contributed by atoms with Crippen LogP contribution in [-0.2, 0) is 11.3 Å². The summed E-state index contributed by atoms with van der Waals surface area (Å²) in [5.74, 6) is -0.965. The molecule has 0 spiro atoms. The zero-order chi connectivity index (χ0) is 20.4. The number of hydrogen-bond acceptors (Lipinski definition) is 5. The number of aromatic nitrogens is 4. The van der Waals surface area contributed by atoms with Crippen LogP contribution in [0.3, 0.4) is 0 Å². The molecule has 0 aliphatic heterocycles. The van der Waals surface area contributed by atoms with Gasteiger partial charge in [0.05, 0.1) is 0 Å². The Balaban J connectivity index is 1.58. The highest BCUT2D eigenvalue weighted by Crippen LogP contribution is 2.16. The molecule has 4 aromatic rings. The van der Waals surface area contributed by atoms with Crippen molar-refractivity contribution >= 4 is 22.6 Å². The van der Waals surface area contributed by atoms with Crippen molar-refractivity contribution in [2.45, 2.75) is 6.54 Å². The highest BCUT2D eigenvalue weighted by Gasteiger charge is 2.11. The highest BCUT2D eigenvalue weighted by molar-refractivity contribution is 5.90. The van der Waals surface area contributed by atoms with Crippen molar-refractivity contribution in [3.63, 3.8) is 0 Å². The maximum atomic E-state index is 13.1. The van der Waals surface area contributed by atoms with Gasteiger partial charge in [0.2, 0.25) is 5.91 Å². The number of fused-ring (bicyclic) bond motifs is 1. The smallest absolute Gasteiger partial charge is 0.264 e. The largest absolute Gasteiger partial charge is 0.325 e. The van der Waals surface area contributed by atoms with Crippen LogP contribution < -0.4 is 10.9 Å². The minimum Gasteiger partial charge on any atom is -0.325 e. The van der Waals surface area contributed by atoms with Crippen LogP contribution in [-0.4, -0.2) is 25.4 Å². The van der Waals surface area contributed by atoms with E-state index in [0.29, 0.717) is 17.1 Å². The SMILES string of the molecule is O=C(Cn1cnc2nc(-c3ccc(F)cc3)ncc2c1=O)Nc1ccc(F)cc1. The molecule has 144 valence electrons. The van der Waals surface area contributed by atoms with E-state index >= 15 is 0 Å². The summed E-state index contributed by atoms with van der Waals surface area (Å²) in [7, 11) is 0. The van der Waals surface area contributed by atoms with Crippen LogP contribution in [0, 0.1) is 11.6 Å². The standard InChI is InChI=1S/C20H13F2N5O2/c21-13-3-1-12(2-4-13)18-23-9-16-19(26-18)24-11-27(20(16)29)10-17(28)25-15-7-5-14(22)6-8-15/h1-9,11H,10H2,(H,25,28). The number of anilines is 1. The predicted octanol–water partition coefficient (Wildman–Crippen LogP) is 2.77. The van der Waals surface area contributed by atoms with Crippen molar-refractivity contribution in [3.05, 3.63) is 83.0 Å². The number of carbonyl (C=O) groups excluding carboxylic acids is 1. The van der Waals surface area contributed by atoms with Crippen molar-refractivity contribution in [1.29, 1.82) is 0 Å². The Morgan fingerprint density at radius 2 is 1.62 bits per heavy atom. The summed E-state index contributed by atoms with van der Waals surface area (Å²) in [6.45, 7) is -0.279. The third kappa shape index (κ3) is 3.98. The molecule has 0 atom stereocenters. The molecular formula is C20H13F2N5O2. The van der Waals surface area contributed by atoms with Gasteiger partial charge < -0.3 is 5.32 Å². The van der Waals surface area contributed by atoms with E-state index < -0.39 is 17.3 Å². The number of carbonyl (C=O) groups is 1. The Labute approximate surface area is 162 Å². The molecule has 0 unspecified atom stereocenters. The minimum absolute atomic E-state index is 0.146. The Morgan fingerprint density at radius 1 is 0.966 bits per heavy atom. The van der Waals surface area contributed by atoms with Gasteiger partial charge in [-0.05, 0) is 48.5 Å². The van der Waals surface area contributed by atoms with Gasteiger partial charge in [-0.3, -0.25) is 14.2 Å². The van der Waals surface area contributed by atoms with Crippen LogP contribution in [0.15, 0.2) is 65.8 Å². The second-order valence-corrected chi connectivity index (χ2v) is 6.17. The molecule has 29 heavy (non-hydrogen) atoms. The minimum atomic E-state index is -0.477. The van der Waals surface area contributed by atoms with Crippen LogP contribution in [0.4, 0.5) is 14.5 Å². The van der Waals surface area contributed by atoms with Gasteiger partial charge in [-0.1, -0.05) is 0 Å². The van der Waals surface area contributed by atoms with Crippen LogP contribution in [0.25, 0.3) is 22.4 Å². The van der Waals surface area contributed by atoms with E-state index in [1.807, 2.05) is 0 Å². The maximum absolute atomic E-state index is 13.1. The van der Waals surface area contributed by atoms with Gasteiger partial charge in [-0.15, -0.1) is 0 Å². The first-order chi connectivity index (χ1) is 14.0. The van der Waals surface area contributed by atoms with E-state index in [9.17, 15) is 18.4 Å². The first-order valence-electron chi connectivity index (χ1n) is 8.53. The van der Waals surface area contributed by atoms with Gasteiger partial charge in [0.1, 0.15) is 29.9 Å². The topological polar surface area (TPSA) is 89.8 Å². The zero-order valence-corrected chi connectivity index (χ0v) is 14.8. The van der Waals surface area contributed by atoms with Gasteiger partial charge in [-0.25, -0.2) is 23.7 Å². The van der Waals surface area contributed by atoms with Gasteiger partial charge in [-0.2, -0.15) is 0 Å². The molecule has 7 nitrogen and oxygen atoms in total. The van der Waals surface area contributed by atoms with E-state index in [4.69, 9.17) is 0 Å². The van der Waals surface area contributed by atoms with Crippen LogP contribution >= 0.6 is 0 Å². The Morgan fingerprint density at radius 3 is 2.31 bits per heavy atom.